The summed E-state index contributed by atoms with van der Waals surface area (Å²) in [5.41, 5.74) is 3.52. The molecule has 4 rings (SSSR count). The summed E-state index contributed by atoms with van der Waals surface area (Å²) in [5, 5.41) is 6.80. The Kier molecular flexibility index (Phi) is 5.65. The summed E-state index contributed by atoms with van der Waals surface area (Å²) in [6, 6.07) is 13.6. The Hall–Kier alpha value is -3.39. The lowest BCUT2D eigenvalue weighted by Crippen LogP contribution is -2.14. The van der Waals surface area contributed by atoms with Gasteiger partial charge in [-0.2, -0.15) is 0 Å². The average molecular weight is 438 g/mol. The number of sulfonamides is 1. The van der Waals surface area contributed by atoms with Crippen molar-refractivity contribution in [2.75, 3.05) is 10.0 Å². The van der Waals surface area contributed by atoms with Crippen molar-refractivity contribution >= 4 is 39.5 Å². The summed E-state index contributed by atoms with van der Waals surface area (Å²) in [5.74, 6) is 0.509. The van der Waals surface area contributed by atoms with Gasteiger partial charge in [0.15, 0.2) is 5.76 Å². The summed E-state index contributed by atoms with van der Waals surface area (Å²) >= 11 is 0. The molecule has 160 valence electrons. The molecule has 8 heteroatoms. The summed E-state index contributed by atoms with van der Waals surface area (Å²) in [6.07, 6.45) is 5.30. The van der Waals surface area contributed by atoms with Gasteiger partial charge in [0.2, 0.25) is 5.91 Å². The number of amides is 1. The minimum absolute atomic E-state index is 0.0170. The van der Waals surface area contributed by atoms with Crippen LogP contribution in [0.1, 0.15) is 35.4 Å². The predicted molar refractivity (Wildman–Crippen MR) is 120 cm³/mol. The molecule has 1 fully saturated rings. The second-order valence-electron chi connectivity index (χ2n) is 7.64. The number of aromatic nitrogens is 1. The van der Waals surface area contributed by atoms with Crippen molar-refractivity contribution in [1.29, 1.82) is 0 Å². The number of anilines is 2. The monoisotopic (exact) mass is 437 g/mol. The highest BCUT2D eigenvalue weighted by Gasteiger charge is 2.30. The highest BCUT2D eigenvalue weighted by atomic mass is 32.2. The number of carbonyl (C=O) groups is 1. The van der Waals surface area contributed by atoms with Crippen molar-refractivity contribution in [3.05, 3.63) is 71.1 Å². The number of nitrogens with zero attached hydrogens (tertiary/aromatic N) is 1. The van der Waals surface area contributed by atoms with E-state index in [1.165, 1.54) is 12.1 Å². The van der Waals surface area contributed by atoms with Crippen LogP contribution in [0.15, 0.2) is 57.9 Å². The normalized spacial score (nSPS) is 14.0. The molecule has 0 spiro atoms. The molecule has 0 atom stereocenters. The molecular formula is C23H23N3O4S. The van der Waals surface area contributed by atoms with E-state index in [-0.39, 0.29) is 16.7 Å². The number of carbonyl (C=O) groups excluding carboxylic acids is 1. The van der Waals surface area contributed by atoms with Crippen LogP contribution in [0.5, 0.6) is 0 Å². The lowest BCUT2D eigenvalue weighted by molar-refractivity contribution is -0.117. The maximum atomic E-state index is 12.6. The van der Waals surface area contributed by atoms with Crippen LogP contribution in [0.3, 0.4) is 0 Å². The molecule has 31 heavy (non-hydrogen) atoms. The molecule has 3 aromatic rings. The van der Waals surface area contributed by atoms with Gasteiger partial charge < -0.3 is 9.84 Å². The van der Waals surface area contributed by atoms with E-state index in [1.807, 2.05) is 19.1 Å². The highest BCUT2D eigenvalue weighted by Crippen LogP contribution is 2.32. The lowest BCUT2D eigenvalue weighted by atomic mass is 10.2. The first-order valence-corrected chi connectivity index (χ1v) is 11.4. The van der Waals surface area contributed by atoms with Gasteiger partial charge in [0.1, 0.15) is 11.4 Å². The number of benzene rings is 2. The molecule has 2 aromatic carbocycles. The van der Waals surface area contributed by atoms with E-state index >= 15 is 0 Å². The van der Waals surface area contributed by atoms with Gasteiger partial charge in [-0.05, 0) is 62.6 Å². The van der Waals surface area contributed by atoms with E-state index in [4.69, 9.17) is 4.52 Å². The van der Waals surface area contributed by atoms with Crippen LogP contribution in [0.25, 0.3) is 12.2 Å². The average Bonchev–Trinajstić information content (AvgIpc) is 3.54. The Labute approximate surface area is 181 Å². The highest BCUT2D eigenvalue weighted by molar-refractivity contribution is 7.92. The molecule has 1 heterocycles. The molecule has 0 unspecified atom stereocenters. The van der Waals surface area contributed by atoms with Gasteiger partial charge in [-0.15, -0.1) is 0 Å². The number of hydrogen-bond donors (Lipinski definition) is 2. The van der Waals surface area contributed by atoms with Crippen LogP contribution in [-0.4, -0.2) is 19.5 Å². The second kappa shape index (κ2) is 8.39. The largest absolute Gasteiger partial charge is 0.354 e. The number of nitrogens with one attached hydrogen (secondary N) is 2. The standard InChI is InChI=1S/C23H23N3O4S/c1-15-3-10-19(11-4-15)26-31(28,29)20-12-5-17(6-13-20)7-14-21-22(16(2)25-30-21)24-23(27)18-8-9-18/h3-7,10-14,18,26H,8-9H2,1-2H3,(H,24,27)/b14-7-. The third-order valence-electron chi connectivity index (χ3n) is 5.01. The van der Waals surface area contributed by atoms with Gasteiger partial charge >= 0.3 is 0 Å². The van der Waals surface area contributed by atoms with Crippen LogP contribution in [0.4, 0.5) is 11.4 Å². The Morgan fingerprint density at radius 1 is 1.03 bits per heavy atom. The van der Waals surface area contributed by atoms with Gasteiger partial charge in [-0.3, -0.25) is 9.52 Å². The van der Waals surface area contributed by atoms with Crippen molar-refractivity contribution in [1.82, 2.24) is 5.16 Å². The molecule has 1 aliphatic rings. The molecule has 0 radical (unpaired) electrons. The van der Waals surface area contributed by atoms with Crippen LogP contribution in [-0.2, 0) is 14.8 Å². The van der Waals surface area contributed by atoms with Crippen LogP contribution in [0.2, 0.25) is 0 Å². The molecule has 0 saturated heterocycles. The Morgan fingerprint density at radius 2 is 1.71 bits per heavy atom. The lowest BCUT2D eigenvalue weighted by Gasteiger charge is -2.08. The first-order chi connectivity index (χ1) is 14.8. The fourth-order valence-corrected chi connectivity index (χ4v) is 4.05. The van der Waals surface area contributed by atoms with Crippen LogP contribution >= 0.6 is 0 Å². The predicted octanol–water partition coefficient (Wildman–Crippen LogP) is 4.61. The zero-order valence-electron chi connectivity index (χ0n) is 17.3. The van der Waals surface area contributed by atoms with Crippen LogP contribution in [0, 0.1) is 19.8 Å². The first-order valence-electron chi connectivity index (χ1n) is 9.96. The molecule has 1 aromatic heterocycles. The van der Waals surface area contributed by atoms with E-state index < -0.39 is 10.0 Å². The maximum Gasteiger partial charge on any atom is 0.261 e. The molecule has 2 N–H and O–H groups in total. The SMILES string of the molecule is Cc1ccc(NS(=O)(=O)c2ccc(/C=C\c3onc(C)c3NC(=O)C3CC3)cc2)cc1. The number of aryl methyl sites for hydroxylation is 2. The van der Waals surface area contributed by atoms with Gasteiger partial charge in [0.05, 0.1) is 4.90 Å². The van der Waals surface area contributed by atoms with E-state index in [0.29, 0.717) is 22.8 Å². The van der Waals surface area contributed by atoms with Crippen molar-refractivity contribution in [3.63, 3.8) is 0 Å². The van der Waals surface area contributed by atoms with E-state index in [0.717, 1.165) is 24.0 Å². The quantitative estimate of drug-likeness (QED) is 0.562. The summed E-state index contributed by atoms with van der Waals surface area (Å²) in [4.78, 5) is 12.2. The smallest absolute Gasteiger partial charge is 0.261 e. The third-order valence-corrected chi connectivity index (χ3v) is 6.40. The van der Waals surface area contributed by atoms with E-state index in [1.54, 1.807) is 43.3 Å². The summed E-state index contributed by atoms with van der Waals surface area (Å²) < 4.78 is 33.1. The zero-order chi connectivity index (χ0) is 22.0. The van der Waals surface area contributed by atoms with E-state index in [2.05, 4.69) is 15.2 Å². The number of hydrogen-bond acceptors (Lipinski definition) is 5. The van der Waals surface area contributed by atoms with Gasteiger partial charge in [-0.25, -0.2) is 8.42 Å². The van der Waals surface area contributed by atoms with Crippen molar-refractivity contribution in [2.24, 2.45) is 5.92 Å². The Morgan fingerprint density at radius 3 is 2.35 bits per heavy atom. The summed E-state index contributed by atoms with van der Waals surface area (Å²) in [6.45, 7) is 3.71. The van der Waals surface area contributed by atoms with Crippen molar-refractivity contribution < 1.29 is 17.7 Å². The van der Waals surface area contributed by atoms with Gasteiger partial charge in [0.25, 0.3) is 10.0 Å². The van der Waals surface area contributed by atoms with E-state index in [9.17, 15) is 13.2 Å². The molecule has 1 aliphatic carbocycles. The minimum atomic E-state index is -3.68. The fourth-order valence-electron chi connectivity index (χ4n) is 2.99. The van der Waals surface area contributed by atoms with Gasteiger partial charge in [-0.1, -0.05) is 41.1 Å². The Balaban J connectivity index is 1.47. The third kappa shape index (κ3) is 5.03. The molecule has 0 aliphatic heterocycles. The van der Waals surface area contributed by atoms with Crippen molar-refractivity contribution in [2.45, 2.75) is 31.6 Å². The first kappa shape index (κ1) is 20.9. The van der Waals surface area contributed by atoms with Crippen molar-refractivity contribution in [3.8, 4) is 0 Å². The Bertz CT molecular complexity index is 1220. The minimum Gasteiger partial charge on any atom is -0.354 e. The molecular weight excluding hydrogens is 414 g/mol. The van der Waals surface area contributed by atoms with Gasteiger partial charge in [0, 0.05) is 11.6 Å². The van der Waals surface area contributed by atoms with Crippen LogP contribution < -0.4 is 10.0 Å². The molecule has 0 bridgehead atoms. The molecule has 1 amide bonds. The molecule has 7 nitrogen and oxygen atoms in total. The zero-order valence-corrected chi connectivity index (χ0v) is 18.1. The topological polar surface area (TPSA) is 101 Å². The maximum absolute atomic E-state index is 12.6. The fraction of sp³-hybridized carbons (Fsp3) is 0.217. The molecule has 1 saturated carbocycles. The summed E-state index contributed by atoms with van der Waals surface area (Å²) in [7, 11) is -3.68. The second-order valence-corrected chi connectivity index (χ2v) is 9.33. The number of rotatable bonds is 7.